The Labute approximate surface area is 151 Å². The van der Waals surface area contributed by atoms with Crippen LogP contribution in [-0.2, 0) is 0 Å². The van der Waals surface area contributed by atoms with Gasteiger partial charge in [-0.25, -0.2) is 15.0 Å². The van der Waals surface area contributed by atoms with Crippen LogP contribution in [0.5, 0.6) is 0 Å². The average Bonchev–Trinajstić information content (AvgIpc) is 3.31. The van der Waals surface area contributed by atoms with Gasteiger partial charge >= 0.3 is 0 Å². The highest BCUT2D eigenvalue weighted by Gasteiger charge is 2.35. The van der Waals surface area contributed by atoms with Gasteiger partial charge < -0.3 is 9.80 Å². The van der Waals surface area contributed by atoms with Crippen LogP contribution in [0.4, 0.5) is 5.95 Å². The average molecular weight is 357 g/mol. The molecule has 4 heterocycles. The molecule has 2 saturated heterocycles. The topological polar surface area (TPSA) is 62.2 Å². The number of amides is 1. The quantitative estimate of drug-likeness (QED) is 0.845. The number of hydrogen-bond donors (Lipinski definition) is 0. The molecule has 0 unspecified atom stereocenters. The van der Waals surface area contributed by atoms with Crippen LogP contribution in [-0.4, -0.2) is 51.9 Å². The van der Waals surface area contributed by atoms with Crippen molar-refractivity contribution >= 4 is 23.2 Å². The van der Waals surface area contributed by atoms with Crippen molar-refractivity contribution in [2.45, 2.75) is 26.2 Å². The Hall–Kier alpha value is -2.02. The van der Waals surface area contributed by atoms with Crippen molar-refractivity contribution in [1.82, 2.24) is 19.9 Å². The van der Waals surface area contributed by atoms with Crippen molar-refractivity contribution in [3.8, 4) is 0 Å². The molecule has 1 atom stereocenters. The van der Waals surface area contributed by atoms with E-state index in [0.717, 1.165) is 62.0 Å². The fourth-order valence-electron chi connectivity index (χ4n) is 4.03. The predicted octanol–water partition coefficient (Wildman–Crippen LogP) is 2.62. The minimum atomic E-state index is 0.164. The summed E-state index contributed by atoms with van der Waals surface area (Å²) in [6, 6.07) is 1.85. The second kappa shape index (κ2) is 7.07. The molecule has 2 aromatic heterocycles. The number of rotatable bonds is 3. The first-order valence-electron chi connectivity index (χ1n) is 8.93. The van der Waals surface area contributed by atoms with Crippen LogP contribution in [0.2, 0.25) is 0 Å². The molecule has 6 nitrogen and oxygen atoms in total. The molecule has 0 aliphatic carbocycles. The SMILES string of the molecule is Cc1ncsc1C(=O)N1CC[C@H](C2CCN(c3ncccn3)CC2)C1. The summed E-state index contributed by atoms with van der Waals surface area (Å²) in [4.78, 5) is 30.7. The number of likely N-dealkylation sites (tertiary alicyclic amines) is 1. The third kappa shape index (κ3) is 3.38. The first kappa shape index (κ1) is 16.4. The number of carbonyl (C=O) groups excluding carboxylic acids is 1. The monoisotopic (exact) mass is 357 g/mol. The van der Waals surface area contributed by atoms with E-state index < -0.39 is 0 Å². The molecule has 0 spiro atoms. The summed E-state index contributed by atoms with van der Waals surface area (Å²) in [5, 5.41) is 0. The highest BCUT2D eigenvalue weighted by Crippen LogP contribution is 2.33. The lowest BCUT2D eigenvalue weighted by Crippen LogP contribution is -2.38. The molecule has 2 aliphatic rings. The zero-order valence-corrected chi connectivity index (χ0v) is 15.3. The second-order valence-corrected chi connectivity index (χ2v) is 7.79. The number of aryl methyl sites for hydroxylation is 1. The van der Waals surface area contributed by atoms with E-state index in [1.807, 2.05) is 17.9 Å². The van der Waals surface area contributed by atoms with Gasteiger partial charge in [0.05, 0.1) is 11.2 Å². The molecule has 0 bridgehead atoms. The van der Waals surface area contributed by atoms with Gasteiger partial charge in [0, 0.05) is 38.6 Å². The lowest BCUT2D eigenvalue weighted by Gasteiger charge is -2.34. The molecule has 0 N–H and O–H groups in total. The molecule has 0 aromatic carbocycles. The highest BCUT2D eigenvalue weighted by molar-refractivity contribution is 7.11. The summed E-state index contributed by atoms with van der Waals surface area (Å²) in [6.45, 7) is 5.70. The van der Waals surface area contributed by atoms with Crippen LogP contribution in [0.1, 0.15) is 34.6 Å². The van der Waals surface area contributed by atoms with E-state index in [0.29, 0.717) is 11.8 Å². The summed E-state index contributed by atoms with van der Waals surface area (Å²) in [5.74, 6) is 2.32. The van der Waals surface area contributed by atoms with Crippen molar-refractivity contribution in [2.75, 3.05) is 31.1 Å². The molecule has 132 valence electrons. The molecule has 7 heteroatoms. The number of piperidine rings is 1. The van der Waals surface area contributed by atoms with Gasteiger partial charge in [-0.05, 0) is 44.1 Å². The normalized spacial score (nSPS) is 21.7. The molecule has 2 aliphatic heterocycles. The van der Waals surface area contributed by atoms with Crippen LogP contribution in [0.3, 0.4) is 0 Å². The molecule has 25 heavy (non-hydrogen) atoms. The number of aromatic nitrogens is 3. The zero-order valence-electron chi connectivity index (χ0n) is 14.5. The fourth-order valence-corrected chi connectivity index (χ4v) is 4.80. The first-order chi connectivity index (χ1) is 12.2. The summed E-state index contributed by atoms with van der Waals surface area (Å²) < 4.78 is 0. The molecular weight excluding hydrogens is 334 g/mol. The Morgan fingerprint density at radius 2 is 1.80 bits per heavy atom. The van der Waals surface area contributed by atoms with E-state index in [4.69, 9.17) is 0 Å². The molecule has 2 aromatic rings. The minimum Gasteiger partial charge on any atom is -0.341 e. The van der Waals surface area contributed by atoms with E-state index in [9.17, 15) is 4.79 Å². The summed E-state index contributed by atoms with van der Waals surface area (Å²) >= 11 is 1.46. The van der Waals surface area contributed by atoms with Crippen molar-refractivity contribution < 1.29 is 4.79 Å². The third-order valence-corrected chi connectivity index (χ3v) is 6.41. The Morgan fingerprint density at radius 3 is 2.48 bits per heavy atom. The highest BCUT2D eigenvalue weighted by atomic mass is 32.1. The standard InChI is InChI=1S/C18H23N5OS/c1-13-16(25-12-21-13)17(24)23-10-5-15(11-23)14-3-8-22(9-4-14)18-19-6-2-7-20-18/h2,6-7,12,14-15H,3-5,8-11H2,1H3/t15-/m0/s1. The van der Waals surface area contributed by atoms with E-state index in [1.165, 1.54) is 11.3 Å². The van der Waals surface area contributed by atoms with Crippen molar-refractivity contribution in [3.63, 3.8) is 0 Å². The Morgan fingerprint density at radius 1 is 1.08 bits per heavy atom. The molecule has 0 radical (unpaired) electrons. The number of nitrogens with zero attached hydrogens (tertiary/aromatic N) is 5. The molecule has 0 saturated carbocycles. The fraction of sp³-hybridized carbons (Fsp3) is 0.556. The van der Waals surface area contributed by atoms with Gasteiger partial charge in [0.15, 0.2) is 0 Å². The first-order valence-corrected chi connectivity index (χ1v) is 9.81. The third-order valence-electron chi connectivity index (χ3n) is 5.49. The minimum absolute atomic E-state index is 0.164. The lowest BCUT2D eigenvalue weighted by molar-refractivity contribution is 0.0784. The summed E-state index contributed by atoms with van der Waals surface area (Å²) in [5.41, 5.74) is 2.62. The number of carbonyl (C=O) groups is 1. The Bertz CT molecular complexity index is 726. The van der Waals surface area contributed by atoms with Crippen LogP contribution < -0.4 is 4.90 Å². The van der Waals surface area contributed by atoms with Gasteiger partial charge in [-0.3, -0.25) is 4.79 Å². The van der Waals surface area contributed by atoms with E-state index in [-0.39, 0.29) is 5.91 Å². The largest absolute Gasteiger partial charge is 0.341 e. The van der Waals surface area contributed by atoms with Crippen LogP contribution in [0.25, 0.3) is 0 Å². The summed E-state index contributed by atoms with van der Waals surface area (Å²) in [6.07, 6.45) is 7.04. The molecule has 1 amide bonds. The van der Waals surface area contributed by atoms with Gasteiger partial charge in [-0.1, -0.05) is 0 Å². The van der Waals surface area contributed by atoms with Crippen molar-refractivity contribution in [1.29, 1.82) is 0 Å². The number of thiazole rings is 1. The van der Waals surface area contributed by atoms with Crippen molar-refractivity contribution in [2.24, 2.45) is 11.8 Å². The van der Waals surface area contributed by atoms with Gasteiger partial charge in [0.1, 0.15) is 4.88 Å². The molecule has 4 rings (SSSR count). The smallest absolute Gasteiger partial charge is 0.265 e. The van der Waals surface area contributed by atoms with Gasteiger partial charge in [-0.15, -0.1) is 11.3 Å². The Balaban J connectivity index is 1.33. The zero-order chi connectivity index (χ0) is 17.2. The van der Waals surface area contributed by atoms with Gasteiger partial charge in [-0.2, -0.15) is 0 Å². The Kier molecular flexibility index (Phi) is 4.65. The number of anilines is 1. The van der Waals surface area contributed by atoms with E-state index in [2.05, 4.69) is 19.9 Å². The van der Waals surface area contributed by atoms with Crippen LogP contribution in [0, 0.1) is 18.8 Å². The maximum absolute atomic E-state index is 12.7. The number of hydrogen-bond acceptors (Lipinski definition) is 6. The van der Waals surface area contributed by atoms with Gasteiger partial charge in [0.2, 0.25) is 5.95 Å². The summed E-state index contributed by atoms with van der Waals surface area (Å²) in [7, 11) is 0. The van der Waals surface area contributed by atoms with Crippen molar-refractivity contribution in [3.05, 3.63) is 34.5 Å². The van der Waals surface area contributed by atoms with Crippen LogP contribution in [0.15, 0.2) is 24.0 Å². The lowest BCUT2D eigenvalue weighted by atomic mass is 9.84. The molecular formula is C18H23N5OS. The maximum atomic E-state index is 12.7. The predicted molar refractivity (Wildman–Crippen MR) is 97.8 cm³/mol. The van der Waals surface area contributed by atoms with Crippen LogP contribution >= 0.6 is 11.3 Å². The van der Waals surface area contributed by atoms with E-state index >= 15 is 0 Å². The molecule has 2 fully saturated rings. The second-order valence-electron chi connectivity index (χ2n) is 6.94. The van der Waals surface area contributed by atoms with E-state index in [1.54, 1.807) is 17.9 Å². The maximum Gasteiger partial charge on any atom is 0.265 e. The van der Waals surface area contributed by atoms with Gasteiger partial charge in [0.25, 0.3) is 5.91 Å².